The third-order valence-electron chi connectivity index (χ3n) is 2.67. The van der Waals surface area contributed by atoms with Crippen molar-refractivity contribution in [2.75, 3.05) is 19.3 Å². The van der Waals surface area contributed by atoms with Crippen LogP contribution in [0.15, 0.2) is 24.8 Å². The molecule has 1 unspecified atom stereocenters. The predicted octanol–water partition coefficient (Wildman–Crippen LogP) is 0.687. The number of nitrogens with one attached hydrogen (secondary N) is 2. The fourth-order valence-corrected chi connectivity index (χ4v) is 2.93. The maximum atomic E-state index is 12.0. The molecular weight excluding hydrogens is 340 g/mol. The lowest BCUT2D eigenvalue weighted by molar-refractivity contribution is -0.128. The summed E-state index contributed by atoms with van der Waals surface area (Å²) in [5.41, 5.74) is 0. The molecule has 2 N–H and O–H groups in total. The molecule has 0 aromatic carbocycles. The van der Waals surface area contributed by atoms with E-state index in [0.717, 1.165) is 11.1 Å². The van der Waals surface area contributed by atoms with Gasteiger partial charge in [-0.25, -0.2) is 17.9 Å². The molecular formula is C14H20N2O5S2. The molecule has 0 bridgehead atoms. The van der Waals surface area contributed by atoms with Crippen molar-refractivity contribution >= 4 is 33.2 Å². The van der Waals surface area contributed by atoms with Crippen LogP contribution in [-0.2, 0) is 26.0 Å². The van der Waals surface area contributed by atoms with Crippen molar-refractivity contribution in [3.63, 3.8) is 0 Å². The largest absolute Gasteiger partial charge is 0.448 e. The van der Waals surface area contributed by atoms with E-state index in [2.05, 4.69) is 16.6 Å². The van der Waals surface area contributed by atoms with E-state index in [-0.39, 0.29) is 6.54 Å². The number of carbonyl (C=O) groups excluding carboxylic acids is 2. The van der Waals surface area contributed by atoms with Crippen molar-refractivity contribution < 1.29 is 22.7 Å². The fraction of sp³-hybridized carbons (Fsp3) is 0.429. The summed E-state index contributed by atoms with van der Waals surface area (Å²) in [6.45, 7) is 5.53. The zero-order chi connectivity index (χ0) is 17.5. The number of hydrogen-bond acceptors (Lipinski definition) is 6. The zero-order valence-corrected chi connectivity index (χ0v) is 14.6. The van der Waals surface area contributed by atoms with Crippen LogP contribution in [0.3, 0.4) is 0 Å². The molecule has 1 aromatic heterocycles. The number of rotatable bonds is 9. The Balaban J connectivity index is 2.51. The summed E-state index contributed by atoms with van der Waals surface area (Å²) in [4.78, 5) is 24.8. The second-order valence-electron chi connectivity index (χ2n) is 4.76. The van der Waals surface area contributed by atoms with Gasteiger partial charge in [0.15, 0.2) is 6.10 Å². The average molecular weight is 360 g/mol. The number of carbonyl (C=O) groups is 2. The smallest absolute Gasteiger partial charge is 0.349 e. The van der Waals surface area contributed by atoms with Gasteiger partial charge in [-0.15, -0.1) is 17.9 Å². The van der Waals surface area contributed by atoms with Crippen LogP contribution >= 0.6 is 11.3 Å². The molecule has 1 rings (SSSR count). The molecule has 7 nitrogen and oxygen atoms in total. The summed E-state index contributed by atoms with van der Waals surface area (Å²) in [5, 5.41) is 2.54. The second-order valence-corrected chi connectivity index (χ2v) is 7.77. The number of ether oxygens (including phenoxy) is 1. The van der Waals surface area contributed by atoms with Crippen molar-refractivity contribution in [3.8, 4) is 0 Å². The van der Waals surface area contributed by atoms with Crippen LogP contribution in [0.1, 0.15) is 21.5 Å². The minimum Gasteiger partial charge on any atom is -0.448 e. The summed E-state index contributed by atoms with van der Waals surface area (Å²) >= 11 is 1.21. The molecule has 0 aliphatic rings. The lowest BCUT2D eigenvalue weighted by atomic mass is 10.3. The number of esters is 1. The Morgan fingerprint density at radius 3 is 2.74 bits per heavy atom. The first-order valence-electron chi connectivity index (χ1n) is 6.86. The highest BCUT2D eigenvalue weighted by Crippen LogP contribution is 2.18. The van der Waals surface area contributed by atoms with E-state index in [9.17, 15) is 18.0 Å². The summed E-state index contributed by atoms with van der Waals surface area (Å²) in [5.74, 6) is -0.981. The fourth-order valence-electron chi connectivity index (χ4n) is 1.57. The first-order chi connectivity index (χ1) is 10.7. The molecule has 0 aliphatic heterocycles. The summed E-state index contributed by atoms with van der Waals surface area (Å²) in [6.07, 6.45) is 2.19. The van der Waals surface area contributed by atoms with Crippen molar-refractivity contribution in [1.29, 1.82) is 0 Å². The summed E-state index contributed by atoms with van der Waals surface area (Å²) < 4.78 is 29.4. The van der Waals surface area contributed by atoms with Gasteiger partial charge in [-0.1, -0.05) is 6.08 Å². The SMILES string of the molecule is C=CCNC(=O)C(C)OC(=O)c1ccc(CCNS(C)(=O)=O)s1. The zero-order valence-electron chi connectivity index (χ0n) is 13.0. The maximum Gasteiger partial charge on any atom is 0.349 e. The van der Waals surface area contributed by atoms with E-state index in [1.807, 2.05) is 0 Å². The minimum atomic E-state index is -3.23. The van der Waals surface area contributed by atoms with Gasteiger partial charge in [0.1, 0.15) is 4.88 Å². The number of thiophene rings is 1. The third kappa shape index (κ3) is 7.40. The molecule has 1 amide bonds. The van der Waals surface area contributed by atoms with Crippen LogP contribution in [0.5, 0.6) is 0 Å². The monoisotopic (exact) mass is 360 g/mol. The Bertz CT molecular complexity index is 666. The molecule has 9 heteroatoms. The number of sulfonamides is 1. The molecule has 0 saturated carbocycles. The van der Waals surface area contributed by atoms with Gasteiger partial charge < -0.3 is 10.1 Å². The van der Waals surface area contributed by atoms with E-state index in [0.29, 0.717) is 17.8 Å². The highest BCUT2D eigenvalue weighted by molar-refractivity contribution is 7.88. The Morgan fingerprint density at radius 2 is 2.13 bits per heavy atom. The second kappa shape index (κ2) is 8.80. The van der Waals surface area contributed by atoms with Crippen LogP contribution in [0.2, 0.25) is 0 Å². The van der Waals surface area contributed by atoms with Gasteiger partial charge in [-0.2, -0.15) is 0 Å². The molecule has 0 fully saturated rings. The van der Waals surface area contributed by atoms with Gasteiger partial charge in [0.05, 0.1) is 6.26 Å². The van der Waals surface area contributed by atoms with Crippen LogP contribution in [0.4, 0.5) is 0 Å². The van der Waals surface area contributed by atoms with Crippen LogP contribution in [-0.4, -0.2) is 45.7 Å². The lowest BCUT2D eigenvalue weighted by Crippen LogP contribution is -2.35. The van der Waals surface area contributed by atoms with E-state index in [1.165, 1.54) is 24.3 Å². The molecule has 0 aliphatic carbocycles. The van der Waals surface area contributed by atoms with E-state index in [4.69, 9.17) is 4.74 Å². The Hall–Kier alpha value is -1.71. The van der Waals surface area contributed by atoms with Crippen molar-refractivity contribution in [3.05, 3.63) is 34.5 Å². The van der Waals surface area contributed by atoms with Crippen molar-refractivity contribution in [2.24, 2.45) is 0 Å². The Morgan fingerprint density at radius 1 is 1.43 bits per heavy atom. The quantitative estimate of drug-likeness (QED) is 0.498. The van der Waals surface area contributed by atoms with Gasteiger partial charge in [-0.3, -0.25) is 4.79 Å². The van der Waals surface area contributed by atoms with Gasteiger partial charge in [0.25, 0.3) is 5.91 Å². The summed E-state index contributed by atoms with van der Waals surface area (Å²) in [6, 6.07) is 3.32. The Labute approximate surface area is 139 Å². The average Bonchev–Trinajstić information content (AvgIpc) is 2.92. The highest BCUT2D eigenvalue weighted by Gasteiger charge is 2.19. The first kappa shape index (κ1) is 19.3. The van der Waals surface area contributed by atoms with Gasteiger partial charge in [0.2, 0.25) is 10.0 Å². The molecule has 1 atom stereocenters. The third-order valence-corrected chi connectivity index (χ3v) is 4.53. The standard InChI is InChI=1S/C14H20N2O5S2/c1-4-8-15-13(17)10(2)21-14(18)12-6-5-11(22-12)7-9-16-23(3,19)20/h4-6,10,16H,1,7-9H2,2-3H3,(H,15,17). The van der Waals surface area contributed by atoms with Crippen LogP contribution < -0.4 is 10.0 Å². The Kier molecular flexibility index (Phi) is 7.40. The molecule has 0 radical (unpaired) electrons. The van der Waals surface area contributed by atoms with E-state index in [1.54, 1.807) is 12.1 Å². The van der Waals surface area contributed by atoms with Gasteiger partial charge in [0, 0.05) is 18.0 Å². The topological polar surface area (TPSA) is 102 Å². The van der Waals surface area contributed by atoms with E-state index < -0.39 is 28.0 Å². The predicted molar refractivity (Wildman–Crippen MR) is 89.0 cm³/mol. The highest BCUT2D eigenvalue weighted by atomic mass is 32.2. The van der Waals surface area contributed by atoms with Crippen molar-refractivity contribution in [2.45, 2.75) is 19.4 Å². The normalized spacial score (nSPS) is 12.4. The molecule has 0 saturated heterocycles. The molecule has 1 aromatic rings. The van der Waals surface area contributed by atoms with Crippen molar-refractivity contribution in [1.82, 2.24) is 10.0 Å². The minimum absolute atomic E-state index is 0.258. The van der Waals surface area contributed by atoms with Gasteiger partial charge in [-0.05, 0) is 25.5 Å². The molecule has 23 heavy (non-hydrogen) atoms. The lowest BCUT2D eigenvalue weighted by Gasteiger charge is -2.11. The van der Waals surface area contributed by atoms with Crippen LogP contribution in [0.25, 0.3) is 0 Å². The van der Waals surface area contributed by atoms with Gasteiger partial charge >= 0.3 is 5.97 Å². The first-order valence-corrected chi connectivity index (χ1v) is 9.56. The van der Waals surface area contributed by atoms with E-state index >= 15 is 0 Å². The molecule has 128 valence electrons. The number of hydrogen-bond donors (Lipinski definition) is 2. The summed E-state index contributed by atoms with van der Waals surface area (Å²) in [7, 11) is -3.23. The molecule has 1 heterocycles. The number of amides is 1. The molecule has 0 spiro atoms. The maximum absolute atomic E-state index is 12.0. The van der Waals surface area contributed by atoms with Crippen LogP contribution in [0, 0.1) is 0 Å².